The molecule has 0 spiro atoms. The molecular formula is C23H27BrNO4PS. The van der Waals surface area contributed by atoms with Crippen LogP contribution in [0.15, 0.2) is 51.8 Å². The lowest BCUT2D eigenvalue weighted by Gasteiger charge is -2.42. The summed E-state index contributed by atoms with van der Waals surface area (Å²) in [5, 5.41) is 0.919. The van der Waals surface area contributed by atoms with Crippen molar-refractivity contribution in [2.75, 3.05) is 6.54 Å². The minimum Gasteiger partial charge on any atom is -0.444 e. The Morgan fingerprint density at radius 3 is 2.52 bits per heavy atom. The van der Waals surface area contributed by atoms with Crippen molar-refractivity contribution in [3.63, 3.8) is 0 Å². The highest BCUT2D eigenvalue weighted by Crippen LogP contribution is 2.53. The number of aryl methyl sites for hydroxylation is 1. The fourth-order valence-corrected chi connectivity index (χ4v) is 7.86. The second-order valence-corrected chi connectivity index (χ2v) is 13.0. The molecule has 1 saturated heterocycles. The third-order valence-electron chi connectivity index (χ3n) is 6.15. The standard InChI is InChI=1S/C23H27BrNO4PS/c1-22(2,3)29-21(26)25-13-12-23(31(27,28)18-8-6-17(30)7-9-18)19-10-5-16(24)14-15(19)4-11-20(23)25/h5-10,14,20H,4,11-13,30H2,1-3H3. The molecule has 8 heteroatoms. The molecule has 3 atom stereocenters. The van der Waals surface area contributed by atoms with Crippen LogP contribution < -0.4 is 5.30 Å². The quantitative estimate of drug-likeness (QED) is 0.540. The van der Waals surface area contributed by atoms with Crippen molar-refractivity contribution >= 4 is 46.4 Å². The summed E-state index contributed by atoms with van der Waals surface area (Å²) < 4.78 is 33.8. The molecule has 1 heterocycles. The molecule has 31 heavy (non-hydrogen) atoms. The van der Waals surface area contributed by atoms with Crippen LogP contribution in [-0.2, 0) is 25.7 Å². The van der Waals surface area contributed by atoms with Crippen molar-refractivity contribution in [1.29, 1.82) is 0 Å². The highest BCUT2D eigenvalue weighted by Gasteiger charge is 2.61. The van der Waals surface area contributed by atoms with Crippen LogP contribution in [0.25, 0.3) is 0 Å². The van der Waals surface area contributed by atoms with E-state index >= 15 is 0 Å². The summed E-state index contributed by atoms with van der Waals surface area (Å²) in [5.41, 5.74) is 1.17. The Bertz CT molecular complexity index is 1130. The zero-order chi connectivity index (χ0) is 22.6. The second kappa shape index (κ2) is 7.86. The van der Waals surface area contributed by atoms with Crippen molar-refractivity contribution in [2.24, 2.45) is 0 Å². The van der Waals surface area contributed by atoms with Gasteiger partial charge in [0.15, 0.2) is 9.84 Å². The van der Waals surface area contributed by atoms with Gasteiger partial charge in [0.25, 0.3) is 0 Å². The van der Waals surface area contributed by atoms with Gasteiger partial charge in [0.2, 0.25) is 0 Å². The van der Waals surface area contributed by atoms with Crippen molar-refractivity contribution in [2.45, 2.75) is 61.3 Å². The van der Waals surface area contributed by atoms with E-state index in [1.54, 1.807) is 29.2 Å². The Balaban J connectivity index is 1.88. The SMILES string of the molecule is CC(C)(C)OC(=O)N1CCC2(S(=O)(=O)c3ccc(P)cc3)c3ccc(Br)cc3CCC12. The third-order valence-corrected chi connectivity index (χ3v) is 9.57. The molecule has 0 radical (unpaired) electrons. The van der Waals surface area contributed by atoms with E-state index in [2.05, 4.69) is 25.2 Å². The topological polar surface area (TPSA) is 63.7 Å². The summed E-state index contributed by atoms with van der Waals surface area (Å²) in [6, 6.07) is 12.2. The zero-order valence-corrected chi connectivity index (χ0v) is 21.4. The van der Waals surface area contributed by atoms with Gasteiger partial charge >= 0.3 is 6.09 Å². The normalized spacial score (nSPS) is 23.3. The van der Waals surface area contributed by atoms with Gasteiger partial charge in [-0.2, -0.15) is 0 Å². The molecule has 1 aliphatic carbocycles. The Kier molecular flexibility index (Phi) is 5.77. The van der Waals surface area contributed by atoms with E-state index in [4.69, 9.17) is 4.74 Å². The maximum absolute atomic E-state index is 14.2. The molecule has 0 N–H and O–H groups in total. The minimum atomic E-state index is -3.79. The van der Waals surface area contributed by atoms with Gasteiger partial charge in [0.1, 0.15) is 10.3 Å². The first-order valence-corrected chi connectivity index (χ1v) is 13.2. The molecule has 1 fully saturated rings. The lowest BCUT2D eigenvalue weighted by Crippen LogP contribution is -2.52. The number of likely N-dealkylation sites (tertiary alicyclic amines) is 1. The molecule has 1 amide bonds. The van der Waals surface area contributed by atoms with Crippen molar-refractivity contribution in [3.8, 4) is 0 Å². The number of carbonyl (C=O) groups is 1. The molecule has 0 bridgehead atoms. The molecular weight excluding hydrogens is 497 g/mol. The predicted molar refractivity (Wildman–Crippen MR) is 128 cm³/mol. The van der Waals surface area contributed by atoms with Crippen LogP contribution in [0.1, 0.15) is 44.7 Å². The van der Waals surface area contributed by atoms with E-state index in [1.165, 1.54) is 0 Å². The fraction of sp³-hybridized carbons (Fsp3) is 0.435. The first kappa shape index (κ1) is 22.8. The maximum Gasteiger partial charge on any atom is 0.410 e. The number of rotatable bonds is 2. The highest BCUT2D eigenvalue weighted by atomic mass is 79.9. The van der Waals surface area contributed by atoms with E-state index in [0.29, 0.717) is 25.8 Å². The predicted octanol–water partition coefficient (Wildman–Crippen LogP) is 4.57. The molecule has 166 valence electrons. The highest BCUT2D eigenvalue weighted by molar-refractivity contribution is 9.10. The Morgan fingerprint density at radius 1 is 1.19 bits per heavy atom. The molecule has 2 aromatic rings. The number of amides is 1. The molecule has 0 saturated carbocycles. The van der Waals surface area contributed by atoms with Crippen LogP contribution in [0.3, 0.4) is 0 Å². The van der Waals surface area contributed by atoms with Gasteiger partial charge in [-0.15, -0.1) is 9.24 Å². The van der Waals surface area contributed by atoms with Gasteiger partial charge in [-0.1, -0.05) is 34.1 Å². The van der Waals surface area contributed by atoms with Crippen molar-refractivity contribution in [3.05, 3.63) is 58.1 Å². The number of sulfone groups is 1. The number of carbonyl (C=O) groups excluding carboxylic acids is 1. The van der Waals surface area contributed by atoms with Crippen LogP contribution in [0, 0.1) is 0 Å². The summed E-state index contributed by atoms with van der Waals surface area (Å²) >= 11 is 3.52. The number of hydrogen-bond donors (Lipinski definition) is 0. The molecule has 3 unspecified atom stereocenters. The van der Waals surface area contributed by atoms with Gasteiger partial charge < -0.3 is 9.64 Å². The maximum atomic E-state index is 14.2. The van der Waals surface area contributed by atoms with Gasteiger partial charge in [-0.25, -0.2) is 13.2 Å². The number of fused-ring (bicyclic) bond motifs is 3. The molecule has 4 rings (SSSR count). The van der Waals surface area contributed by atoms with Crippen molar-refractivity contribution < 1.29 is 17.9 Å². The van der Waals surface area contributed by atoms with Crippen LogP contribution in [0.4, 0.5) is 4.79 Å². The molecule has 2 aromatic carbocycles. The summed E-state index contributed by atoms with van der Waals surface area (Å²) in [6.07, 6.45) is 1.18. The van der Waals surface area contributed by atoms with Gasteiger partial charge in [-0.05, 0) is 80.7 Å². The largest absolute Gasteiger partial charge is 0.444 e. The molecule has 2 aliphatic rings. The average Bonchev–Trinajstić information content (AvgIpc) is 3.08. The van der Waals surface area contributed by atoms with Crippen LogP contribution in [0.2, 0.25) is 0 Å². The first-order valence-electron chi connectivity index (χ1n) is 10.3. The van der Waals surface area contributed by atoms with E-state index in [9.17, 15) is 13.2 Å². The van der Waals surface area contributed by atoms with Gasteiger partial charge in [0, 0.05) is 11.0 Å². The number of benzene rings is 2. The lowest BCUT2D eigenvalue weighted by molar-refractivity contribution is 0.0202. The van der Waals surface area contributed by atoms with Crippen LogP contribution in [-0.4, -0.2) is 37.6 Å². The minimum absolute atomic E-state index is 0.283. The summed E-state index contributed by atoms with van der Waals surface area (Å²) in [6.45, 7) is 5.81. The molecule has 1 aliphatic heterocycles. The van der Waals surface area contributed by atoms with Crippen molar-refractivity contribution in [1.82, 2.24) is 4.90 Å². The molecule has 0 aromatic heterocycles. The van der Waals surface area contributed by atoms with Gasteiger partial charge in [0.05, 0.1) is 10.9 Å². The third kappa shape index (κ3) is 3.83. The Hall–Kier alpha value is -1.43. The fourth-order valence-electron chi connectivity index (χ4n) is 4.89. The average molecular weight is 524 g/mol. The summed E-state index contributed by atoms with van der Waals surface area (Å²) in [7, 11) is -1.21. The molecule has 5 nitrogen and oxygen atoms in total. The monoisotopic (exact) mass is 523 g/mol. The smallest absolute Gasteiger partial charge is 0.410 e. The number of hydrogen-bond acceptors (Lipinski definition) is 4. The summed E-state index contributed by atoms with van der Waals surface area (Å²) in [4.78, 5) is 15.0. The van der Waals surface area contributed by atoms with E-state index in [0.717, 1.165) is 20.9 Å². The van der Waals surface area contributed by atoms with Gasteiger partial charge in [-0.3, -0.25) is 0 Å². The first-order chi connectivity index (χ1) is 14.5. The second-order valence-electron chi connectivity index (χ2n) is 9.24. The number of ether oxygens (including phenoxy) is 1. The van der Waals surface area contributed by atoms with E-state index in [-0.39, 0.29) is 4.90 Å². The van der Waals surface area contributed by atoms with E-state index in [1.807, 2.05) is 39.0 Å². The summed E-state index contributed by atoms with van der Waals surface area (Å²) in [5.74, 6) is 0. The number of halogens is 1. The van der Waals surface area contributed by atoms with Crippen LogP contribution >= 0.6 is 25.2 Å². The Morgan fingerprint density at radius 2 is 1.87 bits per heavy atom. The van der Waals surface area contributed by atoms with E-state index < -0.39 is 32.3 Å². The lowest BCUT2D eigenvalue weighted by atomic mass is 9.78. The van der Waals surface area contributed by atoms with Crippen LogP contribution in [0.5, 0.6) is 0 Å². The zero-order valence-electron chi connectivity index (χ0n) is 17.9. The number of nitrogens with zero attached hydrogens (tertiary/aromatic N) is 1. The Labute approximate surface area is 194 Å².